The highest BCUT2D eigenvalue weighted by atomic mass is 16.5. The van der Waals surface area contributed by atoms with Gasteiger partial charge >= 0.3 is 0 Å². The first-order chi connectivity index (χ1) is 7.77. The average molecular weight is 231 g/mol. The zero-order valence-electron chi connectivity index (χ0n) is 10.4. The predicted octanol–water partition coefficient (Wildman–Crippen LogP) is 0.788. The standard InChI is InChI=1S/C12H25NO3/c1-3-10-7-12(10)13-8-11(14)9-16-6-5-15-4-2/h10-14H,3-9H2,1-2H3. The van der Waals surface area contributed by atoms with Gasteiger partial charge in [-0.1, -0.05) is 13.3 Å². The topological polar surface area (TPSA) is 50.7 Å². The average Bonchev–Trinajstić information content (AvgIpc) is 3.05. The number of ether oxygens (including phenoxy) is 2. The molecule has 0 aromatic heterocycles. The lowest BCUT2D eigenvalue weighted by molar-refractivity contribution is 0.00632. The van der Waals surface area contributed by atoms with Crippen molar-refractivity contribution >= 4 is 0 Å². The zero-order valence-corrected chi connectivity index (χ0v) is 10.4. The van der Waals surface area contributed by atoms with Crippen LogP contribution in [0.2, 0.25) is 0 Å². The van der Waals surface area contributed by atoms with Crippen molar-refractivity contribution in [1.29, 1.82) is 0 Å². The first-order valence-electron chi connectivity index (χ1n) is 6.34. The maximum absolute atomic E-state index is 9.61. The lowest BCUT2D eigenvalue weighted by Crippen LogP contribution is -2.32. The van der Waals surface area contributed by atoms with Crippen molar-refractivity contribution in [2.75, 3.05) is 33.0 Å². The molecule has 0 aromatic rings. The molecule has 0 radical (unpaired) electrons. The van der Waals surface area contributed by atoms with Crippen LogP contribution in [0.15, 0.2) is 0 Å². The molecule has 0 amide bonds. The molecule has 4 heteroatoms. The van der Waals surface area contributed by atoms with Crippen molar-refractivity contribution in [3.8, 4) is 0 Å². The lowest BCUT2D eigenvalue weighted by Gasteiger charge is -2.12. The largest absolute Gasteiger partial charge is 0.389 e. The van der Waals surface area contributed by atoms with Crippen LogP contribution in [0.3, 0.4) is 0 Å². The van der Waals surface area contributed by atoms with Gasteiger partial charge in [0.1, 0.15) is 0 Å². The third kappa shape index (κ3) is 5.80. The Bertz CT molecular complexity index is 178. The quantitative estimate of drug-likeness (QED) is 0.546. The van der Waals surface area contributed by atoms with E-state index < -0.39 is 6.10 Å². The van der Waals surface area contributed by atoms with Crippen molar-refractivity contribution in [3.05, 3.63) is 0 Å². The molecule has 0 bridgehead atoms. The Kier molecular flexibility index (Phi) is 6.96. The molecule has 96 valence electrons. The van der Waals surface area contributed by atoms with E-state index in [1.807, 2.05) is 6.92 Å². The van der Waals surface area contributed by atoms with E-state index in [9.17, 15) is 5.11 Å². The van der Waals surface area contributed by atoms with E-state index in [0.717, 1.165) is 5.92 Å². The Labute approximate surface area is 98.3 Å². The van der Waals surface area contributed by atoms with Gasteiger partial charge in [0, 0.05) is 19.2 Å². The second-order valence-electron chi connectivity index (χ2n) is 4.34. The summed E-state index contributed by atoms with van der Waals surface area (Å²) in [6.07, 6.45) is 2.09. The first kappa shape index (κ1) is 13.9. The lowest BCUT2D eigenvalue weighted by atomic mass is 10.3. The van der Waals surface area contributed by atoms with E-state index in [-0.39, 0.29) is 0 Å². The van der Waals surface area contributed by atoms with Gasteiger partial charge in [-0.3, -0.25) is 0 Å². The minimum atomic E-state index is -0.403. The minimum absolute atomic E-state index is 0.392. The minimum Gasteiger partial charge on any atom is -0.389 e. The molecule has 1 aliphatic carbocycles. The Balaban J connectivity index is 1.85. The molecule has 2 N–H and O–H groups in total. The molecule has 3 unspecified atom stereocenters. The van der Waals surface area contributed by atoms with Gasteiger partial charge in [-0.2, -0.15) is 0 Å². The van der Waals surface area contributed by atoms with Crippen molar-refractivity contribution in [3.63, 3.8) is 0 Å². The highest BCUT2D eigenvalue weighted by Crippen LogP contribution is 2.32. The van der Waals surface area contributed by atoms with Gasteiger partial charge in [0.05, 0.1) is 25.9 Å². The van der Waals surface area contributed by atoms with Crippen LogP contribution < -0.4 is 5.32 Å². The number of hydrogen-bond donors (Lipinski definition) is 2. The highest BCUT2D eigenvalue weighted by Gasteiger charge is 2.34. The van der Waals surface area contributed by atoms with Crippen molar-refractivity contribution < 1.29 is 14.6 Å². The van der Waals surface area contributed by atoms with Gasteiger partial charge in [-0.15, -0.1) is 0 Å². The van der Waals surface area contributed by atoms with E-state index in [1.54, 1.807) is 0 Å². The van der Waals surface area contributed by atoms with Gasteiger partial charge in [0.25, 0.3) is 0 Å². The van der Waals surface area contributed by atoms with Gasteiger partial charge in [0.15, 0.2) is 0 Å². The van der Waals surface area contributed by atoms with E-state index in [4.69, 9.17) is 9.47 Å². The summed E-state index contributed by atoms with van der Waals surface area (Å²) < 4.78 is 10.4. The molecule has 4 nitrogen and oxygen atoms in total. The number of hydrogen-bond acceptors (Lipinski definition) is 4. The SMILES string of the molecule is CCOCCOCC(O)CNC1CC1CC. The van der Waals surface area contributed by atoms with Crippen LogP contribution in [0.1, 0.15) is 26.7 Å². The second kappa shape index (κ2) is 8.01. The van der Waals surface area contributed by atoms with E-state index in [2.05, 4.69) is 12.2 Å². The summed E-state index contributed by atoms with van der Waals surface area (Å²) in [6.45, 7) is 7.08. The van der Waals surface area contributed by atoms with Gasteiger partial charge in [-0.25, -0.2) is 0 Å². The maximum Gasteiger partial charge on any atom is 0.0897 e. The number of nitrogens with one attached hydrogen (secondary N) is 1. The Morgan fingerprint density at radius 3 is 2.69 bits per heavy atom. The van der Waals surface area contributed by atoms with Crippen LogP contribution in [-0.4, -0.2) is 50.2 Å². The Morgan fingerprint density at radius 1 is 1.31 bits per heavy atom. The number of aliphatic hydroxyl groups excluding tert-OH is 1. The monoisotopic (exact) mass is 231 g/mol. The van der Waals surface area contributed by atoms with Crippen LogP contribution in [0.4, 0.5) is 0 Å². The fourth-order valence-corrected chi connectivity index (χ4v) is 1.78. The third-order valence-corrected chi connectivity index (χ3v) is 2.95. The van der Waals surface area contributed by atoms with Crippen molar-refractivity contribution in [2.24, 2.45) is 5.92 Å². The maximum atomic E-state index is 9.61. The summed E-state index contributed by atoms with van der Waals surface area (Å²) in [7, 11) is 0. The summed E-state index contributed by atoms with van der Waals surface area (Å²) in [5, 5.41) is 13.0. The molecule has 0 saturated heterocycles. The first-order valence-corrected chi connectivity index (χ1v) is 6.34. The predicted molar refractivity (Wildman–Crippen MR) is 63.5 cm³/mol. The van der Waals surface area contributed by atoms with E-state index in [0.29, 0.717) is 39.0 Å². The molecule has 3 atom stereocenters. The molecule has 1 rings (SSSR count). The van der Waals surface area contributed by atoms with Crippen LogP contribution in [0.25, 0.3) is 0 Å². The normalized spacial score (nSPS) is 25.7. The van der Waals surface area contributed by atoms with Crippen molar-refractivity contribution in [1.82, 2.24) is 5.32 Å². The van der Waals surface area contributed by atoms with Crippen molar-refractivity contribution in [2.45, 2.75) is 38.8 Å². The molecule has 0 aromatic carbocycles. The zero-order chi connectivity index (χ0) is 11.8. The van der Waals surface area contributed by atoms with Gasteiger partial charge in [0.2, 0.25) is 0 Å². The molecular formula is C12H25NO3. The van der Waals surface area contributed by atoms with E-state index >= 15 is 0 Å². The van der Waals surface area contributed by atoms with Crippen LogP contribution >= 0.6 is 0 Å². The van der Waals surface area contributed by atoms with Gasteiger partial charge in [-0.05, 0) is 19.3 Å². The second-order valence-corrected chi connectivity index (χ2v) is 4.34. The molecule has 0 heterocycles. The van der Waals surface area contributed by atoms with Crippen LogP contribution in [0.5, 0.6) is 0 Å². The molecule has 16 heavy (non-hydrogen) atoms. The van der Waals surface area contributed by atoms with Crippen LogP contribution in [0, 0.1) is 5.92 Å². The summed E-state index contributed by atoms with van der Waals surface area (Å²) in [5.74, 6) is 0.825. The molecule has 1 saturated carbocycles. The van der Waals surface area contributed by atoms with Crippen LogP contribution in [-0.2, 0) is 9.47 Å². The smallest absolute Gasteiger partial charge is 0.0897 e. The molecular weight excluding hydrogens is 206 g/mol. The number of aliphatic hydroxyl groups is 1. The fraction of sp³-hybridized carbons (Fsp3) is 1.00. The molecule has 1 aliphatic rings. The van der Waals surface area contributed by atoms with E-state index in [1.165, 1.54) is 12.8 Å². The summed E-state index contributed by atoms with van der Waals surface area (Å²) in [6, 6.07) is 0.628. The Hall–Kier alpha value is -0.160. The highest BCUT2D eigenvalue weighted by molar-refractivity contribution is 4.92. The third-order valence-electron chi connectivity index (χ3n) is 2.95. The molecule has 1 fully saturated rings. The molecule has 0 spiro atoms. The summed E-state index contributed by atoms with van der Waals surface area (Å²) >= 11 is 0. The summed E-state index contributed by atoms with van der Waals surface area (Å²) in [5.41, 5.74) is 0. The van der Waals surface area contributed by atoms with Gasteiger partial charge < -0.3 is 19.9 Å². The molecule has 0 aliphatic heterocycles. The Morgan fingerprint density at radius 2 is 2.06 bits per heavy atom. The number of rotatable bonds is 10. The fourth-order valence-electron chi connectivity index (χ4n) is 1.78. The summed E-state index contributed by atoms with van der Waals surface area (Å²) in [4.78, 5) is 0.